The van der Waals surface area contributed by atoms with Crippen LogP contribution >= 0.6 is 0 Å². The van der Waals surface area contributed by atoms with Gasteiger partial charge in [0, 0.05) is 49.9 Å². The first-order valence-electron chi connectivity index (χ1n) is 11.5. The second-order valence-electron chi connectivity index (χ2n) is 8.75. The number of piperidine rings is 1. The van der Waals surface area contributed by atoms with Crippen LogP contribution in [0.1, 0.15) is 64.7 Å². The minimum atomic E-state index is 0.0155. The zero-order valence-corrected chi connectivity index (χ0v) is 18.2. The highest BCUT2D eigenvalue weighted by Gasteiger charge is 2.31. The van der Waals surface area contributed by atoms with Crippen molar-refractivity contribution in [2.75, 3.05) is 36.9 Å². The Kier molecular flexibility index (Phi) is 7.96. The molecule has 0 atom stereocenters. The lowest BCUT2D eigenvalue weighted by Crippen LogP contribution is -2.37. The molecule has 0 radical (unpaired) electrons. The first-order chi connectivity index (χ1) is 14.1. The molecular weight excluding hydrogens is 362 g/mol. The highest BCUT2D eigenvalue weighted by atomic mass is 16.2. The van der Waals surface area contributed by atoms with Crippen molar-refractivity contribution in [3.05, 3.63) is 24.3 Å². The second-order valence-corrected chi connectivity index (χ2v) is 8.75. The van der Waals surface area contributed by atoms with E-state index in [0.717, 1.165) is 63.8 Å². The molecule has 1 aromatic carbocycles. The van der Waals surface area contributed by atoms with Crippen LogP contribution in [0.25, 0.3) is 0 Å². The third-order valence-electron chi connectivity index (χ3n) is 6.53. The lowest BCUT2D eigenvalue weighted by atomic mass is 9.81. The normalized spacial score (nSPS) is 22.2. The topological polar surface area (TPSA) is 52.7 Å². The fourth-order valence-corrected chi connectivity index (χ4v) is 4.57. The molecule has 1 N–H and O–H groups in total. The van der Waals surface area contributed by atoms with Crippen molar-refractivity contribution in [2.24, 2.45) is 11.8 Å². The van der Waals surface area contributed by atoms with Gasteiger partial charge in [-0.25, -0.2) is 0 Å². The van der Waals surface area contributed by atoms with Gasteiger partial charge < -0.3 is 15.1 Å². The Labute approximate surface area is 175 Å². The number of benzene rings is 1. The smallest absolute Gasteiger partial charge is 0.227 e. The summed E-state index contributed by atoms with van der Waals surface area (Å²) in [7, 11) is 1.91. The Morgan fingerprint density at radius 1 is 1.00 bits per heavy atom. The second kappa shape index (κ2) is 10.7. The monoisotopic (exact) mass is 399 g/mol. The lowest BCUT2D eigenvalue weighted by Gasteiger charge is -2.30. The molecule has 1 saturated heterocycles. The molecule has 0 bridgehead atoms. The Morgan fingerprint density at radius 3 is 2.24 bits per heavy atom. The molecule has 2 aliphatic rings. The summed E-state index contributed by atoms with van der Waals surface area (Å²) in [5, 5.41) is 3.08. The Bertz CT molecular complexity index is 659. The highest BCUT2D eigenvalue weighted by Crippen LogP contribution is 2.31. The third kappa shape index (κ3) is 5.97. The van der Waals surface area contributed by atoms with Crippen molar-refractivity contribution in [2.45, 2.75) is 64.7 Å². The molecule has 1 aromatic rings. The lowest BCUT2D eigenvalue weighted by molar-refractivity contribution is -0.136. The van der Waals surface area contributed by atoms with Crippen molar-refractivity contribution in [1.82, 2.24) is 4.90 Å². The maximum Gasteiger partial charge on any atom is 0.227 e. The van der Waals surface area contributed by atoms with Crippen LogP contribution in [0.2, 0.25) is 0 Å². The average Bonchev–Trinajstić information content (AvgIpc) is 2.78. The van der Waals surface area contributed by atoms with Gasteiger partial charge in [-0.1, -0.05) is 13.3 Å². The van der Waals surface area contributed by atoms with E-state index < -0.39 is 0 Å². The van der Waals surface area contributed by atoms with E-state index in [2.05, 4.69) is 29.3 Å². The van der Waals surface area contributed by atoms with Gasteiger partial charge >= 0.3 is 0 Å². The molecule has 2 amide bonds. The van der Waals surface area contributed by atoms with E-state index in [4.69, 9.17) is 0 Å². The summed E-state index contributed by atoms with van der Waals surface area (Å²) in [5.41, 5.74) is 2.11. The molecule has 29 heavy (non-hydrogen) atoms. The average molecular weight is 400 g/mol. The highest BCUT2D eigenvalue weighted by molar-refractivity contribution is 5.93. The van der Waals surface area contributed by atoms with Crippen LogP contribution in [0.3, 0.4) is 0 Å². The number of anilines is 2. The summed E-state index contributed by atoms with van der Waals surface area (Å²) in [4.78, 5) is 29.5. The van der Waals surface area contributed by atoms with Crippen LogP contribution < -0.4 is 10.2 Å². The maximum absolute atomic E-state index is 12.7. The summed E-state index contributed by atoms with van der Waals surface area (Å²) in [6.07, 6.45) is 9.25. The number of carbonyl (C=O) groups is 2. The van der Waals surface area contributed by atoms with Gasteiger partial charge in [0.05, 0.1) is 0 Å². The largest absolute Gasteiger partial charge is 0.372 e. The molecule has 0 unspecified atom stereocenters. The number of nitrogens with one attached hydrogen (secondary N) is 1. The Morgan fingerprint density at radius 2 is 1.62 bits per heavy atom. The van der Waals surface area contributed by atoms with Crippen molar-refractivity contribution < 1.29 is 9.59 Å². The molecule has 5 nitrogen and oxygen atoms in total. The maximum atomic E-state index is 12.7. The number of hydrogen-bond acceptors (Lipinski definition) is 3. The quantitative estimate of drug-likeness (QED) is 0.724. The first kappa shape index (κ1) is 21.7. The molecule has 1 saturated carbocycles. The van der Waals surface area contributed by atoms with Crippen LogP contribution in [0.5, 0.6) is 0 Å². The number of carbonyl (C=O) groups excluding carboxylic acids is 2. The predicted octanol–water partition coefficient (Wildman–Crippen LogP) is 4.68. The summed E-state index contributed by atoms with van der Waals surface area (Å²) in [6, 6.07) is 8.25. The van der Waals surface area contributed by atoms with Crippen molar-refractivity contribution >= 4 is 23.2 Å². The minimum Gasteiger partial charge on any atom is -0.372 e. The van der Waals surface area contributed by atoms with E-state index in [0.29, 0.717) is 0 Å². The van der Waals surface area contributed by atoms with Gasteiger partial charge in [0.2, 0.25) is 11.8 Å². The van der Waals surface area contributed by atoms with Crippen molar-refractivity contribution in [3.63, 3.8) is 0 Å². The SMILES string of the molecule is CCCCN(C)C(=O)C1CCC(C(=O)Nc2ccc(N3CCCCC3)cc2)CC1. The minimum absolute atomic E-state index is 0.0155. The fourth-order valence-electron chi connectivity index (χ4n) is 4.57. The van der Waals surface area contributed by atoms with Crippen LogP contribution in [0.4, 0.5) is 11.4 Å². The number of hydrogen-bond donors (Lipinski definition) is 1. The summed E-state index contributed by atoms with van der Waals surface area (Å²) in [5.74, 6) is 0.457. The molecule has 2 fully saturated rings. The van der Waals surface area contributed by atoms with E-state index in [9.17, 15) is 9.59 Å². The van der Waals surface area contributed by atoms with Crippen LogP contribution in [0, 0.1) is 11.8 Å². The predicted molar refractivity (Wildman–Crippen MR) is 119 cm³/mol. The van der Waals surface area contributed by atoms with Crippen molar-refractivity contribution in [3.8, 4) is 0 Å². The van der Waals surface area contributed by atoms with E-state index in [1.54, 1.807) is 0 Å². The molecule has 0 spiro atoms. The molecular formula is C24H37N3O2. The number of nitrogens with zero attached hydrogens (tertiary/aromatic N) is 2. The number of unbranched alkanes of at least 4 members (excludes halogenated alkanes) is 1. The molecule has 0 aromatic heterocycles. The van der Waals surface area contributed by atoms with Crippen molar-refractivity contribution in [1.29, 1.82) is 0 Å². The van der Waals surface area contributed by atoms with Gasteiger partial charge in [0.1, 0.15) is 0 Å². The van der Waals surface area contributed by atoms with E-state index in [1.807, 2.05) is 24.1 Å². The number of rotatable bonds is 7. The van der Waals surface area contributed by atoms with Gasteiger partial charge in [0.25, 0.3) is 0 Å². The van der Waals surface area contributed by atoms with Gasteiger partial charge in [-0.15, -0.1) is 0 Å². The van der Waals surface area contributed by atoms with Gasteiger partial charge in [-0.3, -0.25) is 9.59 Å². The standard InChI is InChI=1S/C24H37N3O2/c1-3-4-16-26(2)24(29)20-10-8-19(9-11-20)23(28)25-21-12-14-22(15-13-21)27-17-6-5-7-18-27/h12-15,19-20H,3-11,16-18H2,1-2H3,(H,25,28). The van der Waals surface area contributed by atoms with E-state index >= 15 is 0 Å². The van der Waals surface area contributed by atoms with Gasteiger partial charge in [-0.05, 0) is 75.6 Å². The summed E-state index contributed by atoms with van der Waals surface area (Å²) in [6.45, 7) is 5.23. The molecule has 160 valence electrons. The fraction of sp³-hybridized carbons (Fsp3) is 0.667. The summed E-state index contributed by atoms with van der Waals surface area (Å²) < 4.78 is 0. The van der Waals surface area contributed by atoms with Crippen LogP contribution in [0.15, 0.2) is 24.3 Å². The number of amides is 2. The molecule has 1 aliphatic carbocycles. The molecule has 1 heterocycles. The zero-order valence-electron chi connectivity index (χ0n) is 18.2. The van der Waals surface area contributed by atoms with E-state index in [1.165, 1.54) is 24.9 Å². The Balaban J connectivity index is 1.45. The van der Waals surface area contributed by atoms with Gasteiger partial charge in [-0.2, -0.15) is 0 Å². The van der Waals surface area contributed by atoms with Crippen LogP contribution in [-0.2, 0) is 9.59 Å². The van der Waals surface area contributed by atoms with Crippen LogP contribution in [-0.4, -0.2) is 43.4 Å². The Hall–Kier alpha value is -2.04. The molecule has 3 rings (SSSR count). The van der Waals surface area contributed by atoms with Gasteiger partial charge in [0.15, 0.2) is 0 Å². The third-order valence-corrected chi connectivity index (χ3v) is 6.53. The van der Waals surface area contributed by atoms with E-state index in [-0.39, 0.29) is 23.7 Å². The summed E-state index contributed by atoms with van der Waals surface area (Å²) >= 11 is 0. The first-order valence-corrected chi connectivity index (χ1v) is 11.5. The zero-order chi connectivity index (χ0) is 20.6. The molecule has 5 heteroatoms. The molecule has 1 aliphatic heterocycles.